The summed E-state index contributed by atoms with van der Waals surface area (Å²) >= 11 is 0. The number of nitrogens with one attached hydrogen (secondary N) is 1. The number of halogens is 3. The van der Waals surface area contributed by atoms with E-state index in [2.05, 4.69) is 29.2 Å². The van der Waals surface area contributed by atoms with E-state index < -0.39 is 12.6 Å². The predicted molar refractivity (Wildman–Crippen MR) is 75.9 cm³/mol. The average molecular weight is 295 g/mol. The van der Waals surface area contributed by atoms with Crippen molar-refractivity contribution in [2.75, 3.05) is 40.3 Å². The van der Waals surface area contributed by atoms with Gasteiger partial charge in [0.2, 0.25) is 0 Å². The van der Waals surface area contributed by atoms with E-state index in [0.717, 1.165) is 39.0 Å². The predicted octanol–water partition coefficient (Wildman–Crippen LogP) is 2.33. The molecule has 1 saturated heterocycles. The van der Waals surface area contributed by atoms with Gasteiger partial charge in [0.05, 0.1) is 0 Å². The van der Waals surface area contributed by atoms with Gasteiger partial charge in [0, 0.05) is 38.1 Å². The van der Waals surface area contributed by atoms with Crippen LogP contribution >= 0.6 is 0 Å². The lowest BCUT2D eigenvalue weighted by molar-refractivity contribution is -0.137. The third-order valence-corrected chi connectivity index (χ3v) is 4.00. The molecule has 1 rings (SSSR count). The normalized spacial score (nSPS) is 24.0. The number of rotatable bonds is 7. The monoisotopic (exact) mass is 295 g/mol. The lowest BCUT2D eigenvalue weighted by Crippen LogP contribution is -2.52. The van der Waals surface area contributed by atoms with Crippen molar-refractivity contribution in [2.45, 2.75) is 50.9 Å². The Hall–Kier alpha value is -0.330. The van der Waals surface area contributed by atoms with Gasteiger partial charge in [0.25, 0.3) is 0 Å². The molecule has 1 fully saturated rings. The summed E-state index contributed by atoms with van der Waals surface area (Å²) in [5.41, 5.74) is 0. The van der Waals surface area contributed by atoms with Gasteiger partial charge in [-0.05, 0) is 39.9 Å². The molecule has 1 heterocycles. The Kier molecular flexibility index (Phi) is 7.26. The Balaban J connectivity index is 2.49. The molecule has 0 radical (unpaired) electrons. The summed E-state index contributed by atoms with van der Waals surface area (Å²) in [4.78, 5) is 4.53. The van der Waals surface area contributed by atoms with Crippen molar-refractivity contribution in [1.29, 1.82) is 0 Å². The molecule has 0 saturated carbocycles. The first-order chi connectivity index (χ1) is 9.31. The number of hydrogen-bond acceptors (Lipinski definition) is 3. The molecule has 0 aromatic heterocycles. The van der Waals surface area contributed by atoms with Gasteiger partial charge in [-0.15, -0.1) is 0 Å². The van der Waals surface area contributed by atoms with Gasteiger partial charge in [0.15, 0.2) is 0 Å². The fourth-order valence-electron chi connectivity index (χ4n) is 2.67. The Morgan fingerprint density at radius 3 is 2.55 bits per heavy atom. The third-order valence-electron chi connectivity index (χ3n) is 4.00. The molecule has 2 atom stereocenters. The molecule has 2 unspecified atom stereocenters. The molecule has 0 bridgehead atoms. The van der Waals surface area contributed by atoms with Crippen molar-refractivity contribution in [2.24, 2.45) is 0 Å². The van der Waals surface area contributed by atoms with Gasteiger partial charge in [-0.25, -0.2) is 0 Å². The molecular weight excluding hydrogens is 267 g/mol. The molecule has 120 valence electrons. The lowest BCUT2D eigenvalue weighted by Gasteiger charge is -2.39. The van der Waals surface area contributed by atoms with Crippen molar-refractivity contribution in [3.63, 3.8) is 0 Å². The van der Waals surface area contributed by atoms with E-state index in [1.807, 2.05) is 6.92 Å². The topological polar surface area (TPSA) is 18.5 Å². The number of likely N-dealkylation sites (N-methyl/N-ethyl adjacent to an activating group) is 2. The number of piperazine rings is 1. The quantitative estimate of drug-likeness (QED) is 0.778. The fourth-order valence-corrected chi connectivity index (χ4v) is 2.67. The maximum Gasteiger partial charge on any atom is 0.389 e. The summed E-state index contributed by atoms with van der Waals surface area (Å²) in [5.74, 6) is 0. The molecule has 3 nitrogen and oxygen atoms in total. The minimum atomic E-state index is -4.05. The van der Waals surface area contributed by atoms with Gasteiger partial charge in [-0.3, -0.25) is 0 Å². The summed E-state index contributed by atoms with van der Waals surface area (Å²) in [6, 6.07) is 0.298. The van der Waals surface area contributed by atoms with Crippen LogP contribution in [0, 0.1) is 0 Å². The molecule has 0 spiro atoms. The minimum Gasteiger partial charge on any atom is -0.314 e. The second kappa shape index (κ2) is 8.20. The summed E-state index contributed by atoms with van der Waals surface area (Å²) in [7, 11) is 4.14. The molecule has 1 aliphatic rings. The van der Waals surface area contributed by atoms with Crippen LogP contribution < -0.4 is 5.32 Å². The molecule has 6 heteroatoms. The van der Waals surface area contributed by atoms with E-state index in [0.29, 0.717) is 6.04 Å². The Morgan fingerprint density at radius 2 is 1.95 bits per heavy atom. The van der Waals surface area contributed by atoms with E-state index in [1.54, 1.807) is 0 Å². The SMILES string of the molecule is CCCNC(CCC(F)(F)F)CC1CN(C)CCN1C. The first-order valence-electron chi connectivity index (χ1n) is 7.50. The smallest absolute Gasteiger partial charge is 0.314 e. The standard InChI is InChI=1S/C14H28F3N3/c1-4-7-18-12(5-6-14(15,16)17)10-13-11-19(2)8-9-20(13)3/h12-13,18H,4-11H2,1-3H3. The van der Waals surface area contributed by atoms with E-state index >= 15 is 0 Å². The number of nitrogens with zero attached hydrogens (tertiary/aromatic N) is 2. The highest BCUT2D eigenvalue weighted by Crippen LogP contribution is 2.24. The van der Waals surface area contributed by atoms with E-state index in [4.69, 9.17) is 0 Å². The zero-order chi connectivity index (χ0) is 15.2. The Labute approximate surface area is 120 Å². The molecule has 1 N–H and O–H groups in total. The maximum absolute atomic E-state index is 12.4. The van der Waals surface area contributed by atoms with Gasteiger partial charge < -0.3 is 15.1 Å². The summed E-state index contributed by atoms with van der Waals surface area (Å²) < 4.78 is 37.2. The summed E-state index contributed by atoms with van der Waals surface area (Å²) in [6.07, 6.45) is -2.83. The highest BCUT2D eigenvalue weighted by Gasteiger charge is 2.30. The minimum absolute atomic E-state index is 0.0458. The largest absolute Gasteiger partial charge is 0.389 e. The summed E-state index contributed by atoms with van der Waals surface area (Å²) in [5, 5.41) is 3.28. The van der Waals surface area contributed by atoms with Gasteiger partial charge in [-0.1, -0.05) is 6.92 Å². The van der Waals surface area contributed by atoms with Crippen LogP contribution in [0.25, 0.3) is 0 Å². The van der Waals surface area contributed by atoms with Crippen LogP contribution in [0.3, 0.4) is 0 Å². The van der Waals surface area contributed by atoms with Gasteiger partial charge in [0.1, 0.15) is 0 Å². The van der Waals surface area contributed by atoms with Crippen molar-refractivity contribution in [1.82, 2.24) is 15.1 Å². The van der Waals surface area contributed by atoms with Crippen LogP contribution in [0.1, 0.15) is 32.6 Å². The third kappa shape index (κ3) is 6.90. The van der Waals surface area contributed by atoms with Crippen molar-refractivity contribution < 1.29 is 13.2 Å². The molecule has 0 aromatic rings. The van der Waals surface area contributed by atoms with Gasteiger partial charge >= 0.3 is 6.18 Å². The van der Waals surface area contributed by atoms with Crippen molar-refractivity contribution in [3.8, 4) is 0 Å². The van der Waals surface area contributed by atoms with Crippen LogP contribution in [-0.4, -0.2) is 68.3 Å². The average Bonchev–Trinajstić information content (AvgIpc) is 2.36. The first kappa shape index (κ1) is 17.7. The first-order valence-corrected chi connectivity index (χ1v) is 7.50. The Morgan fingerprint density at radius 1 is 1.25 bits per heavy atom. The highest BCUT2D eigenvalue weighted by molar-refractivity contribution is 4.83. The highest BCUT2D eigenvalue weighted by atomic mass is 19.4. The van der Waals surface area contributed by atoms with E-state index in [9.17, 15) is 13.2 Å². The molecule has 20 heavy (non-hydrogen) atoms. The molecule has 0 aromatic carbocycles. The second-order valence-electron chi connectivity index (χ2n) is 5.94. The maximum atomic E-state index is 12.4. The van der Waals surface area contributed by atoms with Crippen molar-refractivity contribution >= 4 is 0 Å². The van der Waals surface area contributed by atoms with Gasteiger partial charge in [-0.2, -0.15) is 13.2 Å². The molecule has 0 amide bonds. The van der Waals surface area contributed by atoms with Crippen molar-refractivity contribution in [3.05, 3.63) is 0 Å². The van der Waals surface area contributed by atoms with E-state index in [-0.39, 0.29) is 12.5 Å². The second-order valence-corrected chi connectivity index (χ2v) is 5.94. The zero-order valence-electron chi connectivity index (χ0n) is 12.8. The Bertz CT molecular complexity index is 271. The van der Waals surface area contributed by atoms with Crippen LogP contribution in [-0.2, 0) is 0 Å². The fraction of sp³-hybridized carbons (Fsp3) is 1.00. The summed E-state index contributed by atoms with van der Waals surface area (Å²) in [6.45, 7) is 5.78. The van der Waals surface area contributed by atoms with Crippen LogP contribution in [0.4, 0.5) is 13.2 Å². The van der Waals surface area contributed by atoms with Crippen LogP contribution in [0.15, 0.2) is 0 Å². The molecule has 0 aliphatic carbocycles. The van der Waals surface area contributed by atoms with Crippen LogP contribution in [0.2, 0.25) is 0 Å². The lowest BCUT2D eigenvalue weighted by atomic mass is 9.99. The molecular formula is C14H28F3N3. The number of alkyl halides is 3. The zero-order valence-corrected chi connectivity index (χ0v) is 12.8. The van der Waals surface area contributed by atoms with E-state index in [1.165, 1.54) is 0 Å². The molecule has 1 aliphatic heterocycles. The number of hydrogen-bond donors (Lipinski definition) is 1. The van der Waals surface area contributed by atoms with Crippen LogP contribution in [0.5, 0.6) is 0 Å².